The Morgan fingerprint density at radius 3 is 2.44 bits per heavy atom. The van der Waals surface area contributed by atoms with Crippen molar-refractivity contribution in [1.29, 1.82) is 0 Å². The molecule has 27 heavy (non-hydrogen) atoms. The predicted octanol–water partition coefficient (Wildman–Crippen LogP) is 3.15. The Morgan fingerprint density at radius 2 is 1.78 bits per heavy atom. The van der Waals surface area contributed by atoms with Crippen LogP contribution in [0.1, 0.15) is 12.5 Å². The molecule has 0 unspecified atom stereocenters. The van der Waals surface area contributed by atoms with Gasteiger partial charge in [0.15, 0.2) is 11.7 Å². The number of nitrogens with one attached hydrogen (secondary N) is 2. The lowest BCUT2D eigenvalue weighted by molar-refractivity contribution is -0.137. The van der Waals surface area contributed by atoms with Crippen molar-refractivity contribution in [3.63, 3.8) is 0 Å². The summed E-state index contributed by atoms with van der Waals surface area (Å²) in [5.41, 5.74) is 1.54. The van der Waals surface area contributed by atoms with Crippen molar-refractivity contribution >= 4 is 41.0 Å². The van der Waals surface area contributed by atoms with E-state index in [4.69, 9.17) is 21.7 Å². The molecule has 6 nitrogen and oxygen atoms in total. The zero-order chi connectivity index (χ0) is 19.5. The van der Waals surface area contributed by atoms with Crippen LogP contribution in [0.2, 0.25) is 0 Å². The van der Waals surface area contributed by atoms with Gasteiger partial charge in [-0.15, -0.1) is 0 Å². The second-order valence-electron chi connectivity index (χ2n) is 5.31. The predicted molar refractivity (Wildman–Crippen MR) is 108 cm³/mol. The summed E-state index contributed by atoms with van der Waals surface area (Å²) >= 11 is 5.12. The number of hydrogen-bond donors (Lipinski definition) is 2. The standard InChI is InChI=1S/C20H20N2O4S/c1-2-25-19(24)13-10-15-8-11-16(12-9-15)21-20(27)22-18(23)14-26-17-6-4-3-5-7-17/h3-13H,2,14H2,1H3,(H2,21,22,23,27)/b13-10+. The first kappa shape index (κ1) is 20.1. The Kier molecular flexibility index (Phi) is 7.99. The van der Waals surface area contributed by atoms with Gasteiger partial charge in [-0.1, -0.05) is 30.3 Å². The molecule has 0 heterocycles. The molecule has 2 aromatic rings. The molecule has 140 valence electrons. The van der Waals surface area contributed by atoms with E-state index in [1.165, 1.54) is 6.08 Å². The van der Waals surface area contributed by atoms with Gasteiger partial charge in [0.2, 0.25) is 0 Å². The summed E-state index contributed by atoms with van der Waals surface area (Å²) in [6, 6.07) is 16.2. The van der Waals surface area contributed by atoms with Gasteiger partial charge in [0, 0.05) is 11.8 Å². The Labute approximate surface area is 163 Å². The summed E-state index contributed by atoms with van der Waals surface area (Å²) in [5, 5.41) is 5.63. The maximum absolute atomic E-state index is 11.9. The molecule has 0 saturated carbocycles. The number of rotatable bonds is 7. The highest BCUT2D eigenvalue weighted by Gasteiger charge is 2.06. The van der Waals surface area contributed by atoms with Crippen LogP contribution >= 0.6 is 12.2 Å². The van der Waals surface area contributed by atoms with Crippen LogP contribution in [0.15, 0.2) is 60.7 Å². The zero-order valence-corrected chi connectivity index (χ0v) is 15.6. The van der Waals surface area contributed by atoms with Crippen molar-refractivity contribution in [1.82, 2.24) is 5.32 Å². The van der Waals surface area contributed by atoms with E-state index in [0.29, 0.717) is 18.0 Å². The minimum atomic E-state index is -0.388. The average molecular weight is 384 g/mol. The normalized spacial score (nSPS) is 10.3. The van der Waals surface area contributed by atoms with E-state index in [9.17, 15) is 9.59 Å². The van der Waals surface area contributed by atoms with Gasteiger partial charge in [0.1, 0.15) is 5.75 Å². The molecule has 2 rings (SSSR count). The maximum Gasteiger partial charge on any atom is 0.330 e. The molecule has 1 amide bonds. The summed E-state index contributed by atoms with van der Waals surface area (Å²) in [4.78, 5) is 23.1. The van der Waals surface area contributed by atoms with E-state index >= 15 is 0 Å². The molecule has 0 radical (unpaired) electrons. The molecule has 0 spiro atoms. The van der Waals surface area contributed by atoms with E-state index in [-0.39, 0.29) is 23.6 Å². The minimum absolute atomic E-state index is 0.135. The monoisotopic (exact) mass is 384 g/mol. The Bertz CT molecular complexity index is 804. The molecule has 0 atom stereocenters. The van der Waals surface area contributed by atoms with Gasteiger partial charge in [-0.2, -0.15) is 0 Å². The molecule has 0 aromatic heterocycles. The van der Waals surface area contributed by atoms with Crippen molar-refractivity contribution in [2.45, 2.75) is 6.92 Å². The number of hydrogen-bond acceptors (Lipinski definition) is 5. The summed E-state index contributed by atoms with van der Waals surface area (Å²) in [5.74, 6) is -0.135. The number of benzene rings is 2. The van der Waals surface area contributed by atoms with Crippen LogP contribution in [0.25, 0.3) is 6.08 Å². The molecule has 0 bridgehead atoms. The second-order valence-corrected chi connectivity index (χ2v) is 5.72. The number of carbonyl (C=O) groups is 2. The molecule has 0 aliphatic heterocycles. The summed E-state index contributed by atoms with van der Waals surface area (Å²) in [6.07, 6.45) is 3.02. The largest absolute Gasteiger partial charge is 0.484 e. The number of para-hydroxylation sites is 1. The SMILES string of the molecule is CCOC(=O)/C=C/c1ccc(NC(=S)NC(=O)COc2ccccc2)cc1. The highest BCUT2D eigenvalue weighted by atomic mass is 32.1. The Balaban J connectivity index is 1.78. The van der Waals surface area contributed by atoms with Crippen LogP contribution < -0.4 is 15.4 Å². The summed E-state index contributed by atoms with van der Waals surface area (Å²) < 4.78 is 10.2. The third-order valence-electron chi connectivity index (χ3n) is 3.23. The first-order valence-electron chi connectivity index (χ1n) is 8.30. The molecular weight excluding hydrogens is 364 g/mol. The Hall–Kier alpha value is -3.19. The van der Waals surface area contributed by atoms with Crippen LogP contribution in [-0.4, -0.2) is 30.2 Å². The lowest BCUT2D eigenvalue weighted by Gasteiger charge is -2.10. The van der Waals surface area contributed by atoms with Gasteiger partial charge in [0.25, 0.3) is 5.91 Å². The maximum atomic E-state index is 11.9. The molecule has 0 fully saturated rings. The topological polar surface area (TPSA) is 76.7 Å². The minimum Gasteiger partial charge on any atom is -0.484 e. The van der Waals surface area contributed by atoms with Crippen LogP contribution in [0, 0.1) is 0 Å². The molecule has 2 N–H and O–H groups in total. The smallest absolute Gasteiger partial charge is 0.330 e. The first-order valence-corrected chi connectivity index (χ1v) is 8.71. The van der Waals surface area contributed by atoms with Gasteiger partial charge < -0.3 is 14.8 Å². The number of carbonyl (C=O) groups excluding carboxylic acids is 2. The fourth-order valence-electron chi connectivity index (χ4n) is 2.02. The quantitative estimate of drug-likeness (QED) is 0.434. The van der Waals surface area contributed by atoms with Crippen molar-refractivity contribution in [3.8, 4) is 5.75 Å². The van der Waals surface area contributed by atoms with Crippen LogP contribution in [-0.2, 0) is 14.3 Å². The van der Waals surface area contributed by atoms with Crippen LogP contribution in [0.4, 0.5) is 5.69 Å². The number of anilines is 1. The highest BCUT2D eigenvalue weighted by Crippen LogP contribution is 2.11. The number of esters is 1. The lowest BCUT2D eigenvalue weighted by Crippen LogP contribution is -2.37. The summed E-state index contributed by atoms with van der Waals surface area (Å²) in [7, 11) is 0. The number of thiocarbonyl (C=S) groups is 1. The van der Waals surface area contributed by atoms with Gasteiger partial charge in [0.05, 0.1) is 6.61 Å². The summed E-state index contributed by atoms with van der Waals surface area (Å²) in [6.45, 7) is 1.96. The van der Waals surface area contributed by atoms with Crippen LogP contribution in [0.5, 0.6) is 5.75 Å². The fraction of sp³-hybridized carbons (Fsp3) is 0.150. The molecule has 0 saturated heterocycles. The zero-order valence-electron chi connectivity index (χ0n) is 14.8. The fourth-order valence-corrected chi connectivity index (χ4v) is 2.25. The molecule has 0 aliphatic carbocycles. The van der Waals surface area contributed by atoms with Crippen LogP contribution in [0.3, 0.4) is 0 Å². The third kappa shape index (κ3) is 7.70. The average Bonchev–Trinajstić information content (AvgIpc) is 2.67. The van der Waals surface area contributed by atoms with E-state index < -0.39 is 0 Å². The molecule has 0 aliphatic rings. The van der Waals surface area contributed by atoms with Gasteiger partial charge >= 0.3 is 5.97 Å². The number of ether oxygens (including phenoxy) is 2. The highest BCUT2D eigenvalue weighted by molar-refractivity contribution is 7.80. The van der Waals surface area contributed by atoms with E-state index in [2.05, 4.69) is 10.6 Å². The van der Waals surface area contributed by atoms with Crippen molar-refractivity contribution in [2.24, 2.45) is 0 Å². The molecule has 2 aromatic carbocycles. The van der Waals surface area contributed by atoms with Crippen molar-refractivity contribution in [3.05, 3.63) is 66.2 Å². The number of amides is 1. The van der Waals surface area contributed by atoms with Gasteiger partial charge in [-0.05, 0) is 55.0 Å². The third-order valence-corrected chi connectivity index (χ3v) is 3.44. The van der Waals surface area contributed by atoms with Crippen molar-refractivity contribution in [2.75, 3.05) is 18.5 Å². The van der Waals surface area contributed by atoms with E-state index in [1.807, 2.05) is 18.2 Å². The molecule has 7 heteroatoms. The second kappa shape index (κ2) is 10.7. The van der Waals surface area contributed by atoms with Gasteiger partial charge in [-0.3, -0.25) is 10.1 Å². The van der Waals surface area contributed by atoms with E-state index in [1.54, 1.807) is 49.4 Å². The lowest BCUT2D eigenvalue weighted by atomic mass is 10.2. The van der Waals surface area contributed by atoms with Crippen molar-refractivity contribution < 1.29 is 19.1 Å². The van der Waals surface area contributed by atoms with Gasteiger partial charge in [-0.25, -0.2) is 4.79 Å². The molecular formula is C20H20N2O4S. The Morgan fingerprint density at radius 1 is 1.07 bits per heavy atom. The first-order chi connectivity index (χ1) is 13.1. The van der Waals surface area contributed by atoms with E-state index in [0.717, 1.165) is 5.56 Å².